The zero-order valence-electron chi connectivity index (χ0n) is 13.9. The maximum atomic E-state index is 12.3. The molecule has 2 atom stereocenters. The molecule has 1 aliphatic heterocycles. The fourth-order valence-corrected chi connectivity index (χ4v) is 2.10. The largest absolute Gasteiger partial charge is 0.461 e. The van der Waals surface area contributed by atoms with Crippen molar-refractivity contribution in [2.45, 2.75) is 50.9 Å². The lowest BCUT2D eigenvalue weighted by molar-refractivity contribution is -0.157. The van der Waals surface area contributed by atoms with Crippen LogP contribution in [0.3, 0.4) is 0 Å². The van der Waals surface area contributed by atoms with E-state index in [1.54, 1.807) is 6.92 Å². The number of nitrogens with one attached hydrogen (secondary N) is 1. The quantitative estimate of drug-likeness (QED) is 0.269. The van der Waals surface area contributed by atoms with Crippen molar-refractivity contribution in [1.82, 2.24) is 5.32 Å². The number of nitrogens with zero attached hydrogens (tertiary/aromatic N) is 2. The highest BCUT2D eigenvalue weighted by atomic mass is 16.6. The molecule has 0 unspecified atom stereocenters. The normalized spacial score (nSPS) is 17.2. The average molecular weight is 341 g/mol. The molecule has 0 bridgehead atoms. The Hall–Kier alpha value is -2.09. The van der Waals surface area contributed by atoms with Crippen LogP contribution >= 0.6 is 0 Å². The van der Waals surface area contributed by atoms with Gasteiger partial charge in [-0.2, -0.15) is 4.79 Å². The fourth-order valence-electron chi connectivity index (χ4n) is 2.10. The summed E-state index contributed by atoms with van der Waals surface area (Å²) < 4.78 is 15.5. The second-order valence-corrected chi connectivity index (χ2v) is 5.44. The summed E-state index contributed by atoms with van der Waals surface area (Å²) in [6.07, 6.45) is 0.904. The van der Waals surface area contributed by atoms with Crippen LogP contribution < -0.4 is 5.32 Å². The lowest BCUT2D eigenvalue weighted by atomic mass is 10.1. The first kappa shape index (κ1) is 20.0. The third-order valence-electron chi connectivity index (χ3n) is 3.66. The number of ether oxygens (including phenoxy) is 3. The molecule has 1 aliphatic rings. The van der Waals surface area contributed by atoms with Gasteiger partial charge in [-0.15, -0.1) is 0 Å². The molecule has 0 aromatic heterocycles. The maximum absolute atomic E-state index is 12.3. The van der Waals surface area contributed by atoms with E-state index in [1.165, 1.54) is 7.11 Å². The van der Waals surface area contributed by atoms with E-state index in [4.69, 9.17) is 19.7 Å². The number of hydrogen-bond donors (Lipinski definition) is 1. The Bertz CT molecular complexity index is 497. The predicted octanol–water partition coefficient (Wildman–Crippen LogP) is -0.122. The van der Waals surface area contributed by atoms with Crippen LogP contribution in [0.4, 0.5) is 0 Å². The van der Waals surface area contributed by atoms with Gasteiger partial charge in [0.2, 0.25) is 11.7 Å². The number of carbonyl (C=O) groups excluding carboxylic acids is 3. The lowest BCUT2D eigenvalue weighted by Crippen LogP contribution is -2.47. The smallest absolute Gasteiger partial charge is 0.328 e. The van der Waals surface area contributed by atoms with Crippen molar-refractivity contribution in [3.05, 3.63) is 5.53 Å². The van der Waals surface area contributed by atoms with E-state index in [2.05, 4.69) is 10.1 Å². The molecule has 0 radical (unpaired) electrons. The first-order chi connectivity index (χ1) is 11.5. The number of esters is 1. The van der Waals surface area contributed by atoms with Crippen molar-refractivity contribution in [1.29, 1.82) is 0 Å². The minimum atomic E-state index is -0.978. The van der Waals surface area contributed by atoms with Gasteiger partial charge in [-0.25, -0.2) is 4.79 Å². The maximum Gasteiger partial charge on any atom is 0.328 e. The van der Waals surface area contributed by atoms with Crippen molar-refractivity contribution < 1.29 is 33.4 Å². The third kappa shape index (κ3) is 6.99. The highest BCUT2D eigenvalue weighted by molar-refractivity contribution is 6.25. The van der Waals surface area contributed by atoms with E-state index in [-0.39, 0.29) is 18.9 Å². The van der Waals surface area contributed by atoms with Gasteiger partial charge in [0.15, 0.2) is 0 Å². The fraction of sp³-hybridized carbons (Fsp3) is 0.733. The topological polar surface area (TPSA) is 127 Å². The molecule has 1 heterocycles. The van der Waals surface area contributed by atoms with Gasteiger partial charge in [-0.05, 0) is 13.3 Å². The van der Waals surface area contributed by atoms with Gasteiger partial charge in [-0.1, -0.05) is 0 Å². The molecular formula is C15H23N3O6. The predicted molar refractivity (Wildman–Crippen MR) is 82.3 cm³/mol. The van der Waals surface area contributed by atoms with E-state index < -0.39 is 29.8 Å². The van der Waals surface area contributed by atoms with Gasteiger partial charge in [0.05, 0.1) is 13.2 Å². The Kier molecular flexibility index (Phi) is 8.85. The first-order valence-corrected chi connectivity index (χ1v) is 7.79. The van der Waals surface area contributed by atoms with Crippen LogP contribution in [0.25, 0.3) is 5.53 Å². The minimum absolute atomic E-state index is 0.0368. The second-order valence-electron chi connectivity index (χ2n) is 5.44. The molecule has 24 heavy (non-hydrogen) atoms. The summed E-state index contributed by atoms with van der Waals surface area (Å²) in [6.45, 7) is 2.57. The summed E-state index contributed by atoms with van der Waals surface area (Å²) in [4.78, 5) is 38.3. The molecule has 0 aromatic carbocycles. The molecule has 0 spiro atoms. The Morgan fingerprint density at radius 3 is 2.62 bits per heavy atom. The van der Waals surface area contributed by atoms with Gasteiger partial charge in [0.1, 0.15) is 18.2 Å². The van der Waals surface area contributed by atoms with Crippen molar-refractivity contribution >= 4 is 23.9 Å². The van der Waals surface area contributed by atoms with Crippen LogP contribution in [0.1, 0.15) is 32.6 Å². The third-order valence-corrected chi connectivity index (χ3v) is 3.66. The lowest BCUT2D eigenvalue weighted by Gasteiger charge is -2.25. The molecule has 1 amide bonds. The molecule has 1 fully saturated rings. The number of amides is 1. The molecule has 134 valence electrons. The molecule has 0 aromatic rings. The summed E-state index contributed by atoms with van der Waals surface area (Å²) >= 11 is 0. The summed E-state index contributed by atoms with van der Waals surface area (Å²) in [6, 6.07) is -0.978. The summed E-state index contributed by atoms with van der Waals surface area (Å²) in [5, 5.41) is 2.53. The van der Waals surface area contributed by atoms with Crippen molar-refractivity contribution in [2.75, 3.05) is 20.3 Å². The standard InChI is InChI=1S/C15H23N3O6/c1-10(22-2)14(20)18-13(4-3-11(19)9-17-16)15(21)24-12-5-7-23-8-6-12/h9-10,12-13H,3-8H2,1-2H3,(H,18,20)/t10-,13+/m1/s1. The van der Waals surface area contributed by atoms with Crippen LogP contribution in [0.15, 0.2) is 0 Å². The van der Waals surface area contributed by atoms with Crippen LogP contribution in [0.5, 0.6) is 0 Å². The SMILES string of the molecule is CO[C@H](C)C(=O)N[C@@H](CCC(=O)C=[N+]=[N-])C(=O)OC1CCOCC1. The highest BCUT2D eigenvalue weighted by Crippen LogP contribution is 2.13. The van der Waals surface area contributed by atoms with Crippen molar-refractivity contribution in [3.63, 3.8) is 0 Å². The molecule has 0 aliphatic carbocycles. The van der Waals surface area contributed by atoms with E-state index in [1.807, 2.05) is 0 Å². The molecule has 1 saturated heterocycles. The van der Waals surface area contributed by atoms with E-state index in [9.17, 15) is 14.4 Å². The van der Waals surface area contributed by atoms with Crippen LogP contribution in [-0.2, 0) is 28.6 Å². The second kappa shape index (κ2) is 10.6. The summed E-state index contributed by atoms with van der Waals surface area (Å²) in [5.74, 6) is -1.54. The van der Waals surface area contributed by atoms with Crippen molar-refractivity contribution in [2.24, 2.45) is 0 Å². The zero-order valence-corrected chi connectivity index (χ0v) is 13.9. The van der Waals surface area contributed by atoms with Gasteiger partial charge in [0.25, 0.3) is 0 Å². The van der Waals surface area contributed by atoms with Gasteiger partial charge >= 0.3 is 12.2 Å². The molecule has 9 heteroatoms. The molecule has 1 rings (SSSR count). The monoisotopic (exact) mass is 341 g/mol. The molecular weight excluding hydrogens is 318 g/mol. The Morgan fingerprint density at radius 1 is 1.38 bits per heavy atom. The molecule has 0 saturated carbocycles. The first-order valence-electron chi connectivity index (χ1n) is 7.79. The van der Waals surface area contributed by atoms with Gasteiger partial charge in [0, 0.05) is 26.4 Å². The van der Waals surface area contributed by atoms with Gasteiger partial charge < -0.3 is 25.1 Å². The number of Topliss-reactive ketones (excluding diaryl/α,β-unsaturated/α-hetero) is 1. The molecule has 1 N–H and O–H groups in total. The van der Waals surface area contributed by atoms with Gasteiger partial charge in [-0.3, -0.25) is 9.59 Å². The number of carbonyl (C=O) groups is 3. The van der Waals surface area contributed by atoms with E-state index in [0.717, 1.165) is 6.21 Å². The zero-order chi connectivity index (χ0) is 17.9. The van der Waals surface area contributed by atoms with E-state index >= 15 is 0 Å². The van der Waals surface area contributed by atoms with Crippen LogP contribution in [0.2, 0.25) is 0 Å². The Labute approximate surface area is 140 Å². The number of methoxy groups -OCH3 is 1. The summed E-state index contributed by atoms with van der Waals surface area (Å²) in [7, 11) is 1.38. The number of rotatable bonds is 9. The van der Waals surface area contributed by atoms with E-state index in [0.29, 0.717) is 26.1 Å². The highest BCUT2D eigenvalue weighted by Gasteiger charge is 2.28. The van der Waals surface area contributed by atoms with Crippen LogP contribution in [0, 0.1) is 0 Å². The number of hydrogen-bond acceptors (Lipinski definition) is 6. The average Bonchev–Trinajstić information content (AvgIpc) is 2.58. The Morgan fingerprint density at radius 2 is 2.04 bits per heavy atom. The minimum Gasteiger partial charge on any atom is -0.461 e. The number of ketones is 1. The molecule has 9 nitrogen and oxygen atoms in total. The summed E-state index contributed by atoms with van der Waals surface area (Å²) in [5.41, 5.74) is 8.34. The van der Waals surface area contributed by atoms with Crippen LogP contribution in [-0.4, -0.2) is 67.2 Å². The Balaban J connectivity index is 2.66. The van der Waals surface area contributed by atoms with Crippen molar-refractivity contribution in [3.8, 4) is 0 Å².